The second-order valence-corrected chi connectivity index (χ2v) is 9.62. The lowest BCUT2D eigenvalue weighted by atomic mass is 10.1. The number of carbonyl (C=O) groups is 2. The molecule has 0 atom stereocenters. The molecule has 6 heteroatoms. The molecule has 1 aromatic heterocycles. The zero-order valence-electron chi connectivity index (χ0n) is 21.9. The number of aromatic nitrogens is 1. The average Bonchev–Trinajstić information content (AvgIpc) is 3.33. The van der Waals surface area contributed by atoms with Crippen molar-refractivity contribution in [3.8, 4) is 0 Å². The number of rotatable bonds is 10. The molecule has 6 nitrogen and oxygen atoms in total. The first kappa shape index (κ1) is 26.0. The van der Waals surface area contributed by atoms with Crippen LogP contribution in [0.15, 0.2) is 85.1 Å². The molecule has 1 heterocycles. The van der Waals surface area contributed by atoms with Crippen molar-refractivity contribution in [3.63, 3.8) is 0 Å². The van der Waals surface area contributed by atoms with Crippen LogP contribution in [0.25, 0.3) is 10.9 Å². The van der Waals surface area contributed by atoms with Gasteiger partial charge in [0.1, 0.15) is 6.54 Å². The monoisotopic (exact) mass is 496 g/mol. The summed E-state index contributed by atoms with van der Waals surface area (Å²) in [5, 5.41) is 4.15. The van der Waals surface area contributed by atoms with Crippen LogP contribution in [0.1, 0.15) is 37.5 Å². The molecule has 0 spiro atoms. The van der Waals surface area contributed by atoms with Crippen LogP contribution >= 0.6 is 0 Å². The molecule has 0 fully saturated rings. The van der Waals surface area contributed by atoms with Gasteiger partial charge in [0, 0.05) is 41.9 Å². The number of para-hydroxylation sites is 1. The minimum absolute atomic E-state index is 0.0116. The van der Waals surface area contributed by atoms with Gasteiger partial charge in [-0.3, -0.25) is 4.79 Å². The molecule has 0 aliphatic rings. The zero-order valence-corrected chi connectivity index (χ0v) is 21.9. The summed E-state index contributed by atoms with van der Waals surface area (Å²) in [5.74, 6) is -0.0742. The van der Waals surface area contributed by atoms with E-state index in [-0.39, 0.29) is 24.5 Å². The van der Waals surface area contributed by atoms with E-state index in [9.17, 15) is 9.59 Å². The van der Waals surface area contributed by atoms with Gasteiger partial charge in [-0.1, -0.05) is 67.6 Å². The minimum atomic E-state index is -0.270. The fourth-order valence-corrected chi connectivity index (χ4v) is 4.49. The summed E-state index contributed by atoms with van der Waals surface area (Å²) in [4.78, 5) is 33.6. The first-order valence-corrected chi connectivity index (χ1v) is 13.0. The normalized spacial score (nSPS) is 11.0. The number of benzene rings is 3. The number of carbonyl (C=O) groups excluding carboxylic acids is 2. The van der Waals surface area contributed by atoms with Crippen LogP contribution in [-0.2, 0) is 24.2 Å². The number of hydrogen-bond donors (Lipinski definition) is 2. The SMILES string of the molecule is CCc1cccc(NC(=O)N(CC(=O)N(CCc2c[nH]c3ccccc23)Cc2ccccc2)C(C)C)c1. The van der Waals surface area contributed by atoms with E-state index in [1.807, 2.05) is 91.7 Å². The van der Waals surface area contributed by atoms with Crippen LogP contribution in [0.3, 0.4) is 0 Å². The highest BCUT2D eigenvalue weighted by molar-refractivity contribution is 5.92. The van der Waals surface area contributed by atoms with Crippen molar-refractivity contribution in [2.45, 2.75) is 46.2 Å². The Kier molecular flexibility index (Phi) is 8.62. The van der Waals surface area contributed by atoms with Crippen LogP contribution in [-0.4, -0.2) is 45.9 Å². The third-order valence-electron chi connectivity index (χ3n) is 6.67. The fourth-order valence-electron chi connectivity index (χ4n) is 4.49. The highest BCUT2D eigenvalue weighted by Gasteiger charge is 2.24. The van der Waals surface area contributed by atoms with Crippen molar-refractivity contribution >= 4 is 28.5 Å². The first-order valence-electron chi connectivity index (χ1n) is 13.0. The van der Waals surface area contributed by atoms with Gasteiger partial charge in [0.25, 0.3) is 0 Å². The molecule has 0 aliphatic carbocycles. The molecule has 0 unspecified atom stereocenters. The van der Waals surface area contributed by atoms with Crippen molar-refractivity contribution in [1.29, 1.82) is 0 Å². The van der Waals surface area contributed by atoms with Gasteiger partial charge >= 0.3 is 6.03 Å². The lowest BCUT2D eigenvalue weighted by Crippen LogP contribution is -2.47. The second kappa shape index (κ2) is 12.3. The third-order valence-corrected chi connectivity index (χ3v) is 6.67. The molecule has 2 N–H and O–H groups in total. The van der Waals surface area contributed by atoms with Crippen LogP contribution in [0, 0.1) is 0 Å². The maximum absolute atomic E-state index is 13.6. The second-order valence-electron chi connectivity index (χ2n) is 9.62. The Morgan fingerprint density at radius 2 is 1.65 bits per heavy atom. The van der Waals surface area contributed by atoms with E-state index in [0.29, 0.717) is 13.1 Å². The summed E-state index contributed by atoms with van der Waals surface area (Å²) in [6.45, 7) is 7.01. The van der Waals surface area contributed by atoms with Crippen molar-refractivity contribution in [3.05, 3.63) is 102 Å². The smallest absolute Gasteiger partial charge is 0.322 e. The Morgan fingerprint density at radius 1 is 0.919 bits per heavy atom. The van der Waals surface area contributed by atoms with Crippen molar-refractivity contribution in [2.75, 3.05) is 18.4 Å². The zero-order chi connectivity index (χ0) is 26.2. The lowest BCUT2D eigenvalue weighted by molar-refractivity contribution is -0.132. The number of hydrogen-bond acceptors (Lipinski definition) is 2. The van der Waals surface area contributed by atoms with E-state index in [0.717, 1.165) is 35.2 Å². The van der Waals surface area contributed by atoms with Gasteiger partial charge < -0.3 is 20.1 Å². The molecule has 0 saturated heterocycles. The van der Waals surface area contributed by atoms with E-state index in [4.69, 9.17) is 0 Å². The standard InChI is InChI=1S/C31H36N4O2/c1-4-24-13-10-14-27(19-24)33-31(37)35(23(2)3)22-30(36)34(21-25-11-6-5-7-12-25)18-17-26-20-32-29-16-9-8-15-28(26)29/h5-16,19-20,23,32H,4,17-18,21-22H2,1-3H3,(H,33,37). The molecule has 0 aliphatic heterocycles. The molecule has 4 aromatic rings. The van der Waals surface area contributed by atoms with Crippen LogP contribution in [0.4, 0.5) is 10.5 Å². The molecule has 192 valence electrons. The van der Waals surface area contributed by atoms with Gasteiger partial charge in [-0.05, 0) is 61.6 Å². The molecule has 0 radical (unpaired) electrons. The molecule has 3 aromatic carbocycles. The number of nitrogens with one attached hydrogen (secondary N) is 2. The van der Waals surface area contributed by atoms with Gasteiger partial charge in [-0.15, -0.1) is 0 Å². The van der Waals surface area contributed by atoms with Gasteiger partial charge in [0.2, 0.25) is 5.91 Å². The maximum Gasteiger partial charge on any atom is 0.322 e. The third kappa shape index (κ3) is 6.79. The van der Waals surface area contributed by atoms with Crippen LogP contribution < -0.4 is 5.32 Å². The molecule has 0 saturated carbocycles. The van der Waals surface area contributed by atoms with Crippen molar-refractivity contribution < 1.29 is 9.59 Å². The summed E-state index contributed by atoms with van der Waals surface area (Å²) >= 11 is 0. The van der Waals surface area contributed by atoms with E-state index in [2.05, 4.69) is 29.4 Å². The summed E-state index contributed by atoms with van der Waals surface area (Å²) in [5.41, 5.74) is 5.22. The van der Waals surface area contributed by atoms with Gasteiger partial charge in [0.05, 0.1) is 0 Å². The average molecular weight is 497 g/mol. The van der Waals surface area contributed by atoms with Gasteiger partial charge in [-0.2, -0.15) is 0 Å². The number of aryl methyl sites for hydroxylation is 1. The van der Waals surface area contributed by atoms with Crippen LogP contribution in [0.5, 0.6) is 0 Å². The van der Waals surface area contributed by atoms with Gasteiger partial charge in [-0.25, -0.2) is 4.79 Å². The largest absolute Gasteiger partial charge is 0.361 e. The predicted molar refractivity (Wildman–Crippen MR) is 151 cm³/mol. The summed E-state index contributed by atoms with van der Waals surface area (Å²) in [7, 11) is 0. The molecule has 37 heavy (non-hydrogen) atoms. The quantitative estimate of drug-likeness (QED) is 0.273. The van der Waals surface area contributed by atoms with Crippen LogP contribution in [0.2, 0.25) is 0 Å². The molecule has 3 amide bonds. The summed E-state index contributed by atoms with van der Waals surface area (Å²) in [6.07, 6.45) is 3.63. The minimum Gasteiger partial charge on any atom is -0.361 e. The Labute approximate surface area is 219 Å². The Morgan fingerprint density at radius 3 is 2.41 bits per heavy atom. The summed E-state index contributed by atoms with van der Waals surface area (Å²) < 4.78 is 0. The van der Waals surface area contributed by atoms with Crippen molar-refractivity contribution in [1.82, 2.24) is 14.8 Å². The lowest BCUT2D eigenvalue weighted by Gasteiger charge is -2.30. The summed E-state index contributed by atoms with van der Waals surface area (Å²) in [6, 6.07) is 25.6. The molecular weight excluding hydrogens is 460 g/mol. The predicted octanol–water partition coefficient (Wildman–Crippen LogP) is 6.24. The maximum atomic E-state index is 13.6. The van der Waals surface area contributed by atoms with E-state index in [1.165, 1.54) is 10.9 Å². The number of nitrogens with zero attached hydrogens (tertiary/aromatic N) is 2. The first-order chi connectivity index (χ1) is 17.9. The Hall–Kier alpha value is -4.06. The number of H-pyrrole nitrogens is 1. The highest BCUT2D eigenvalue weighted by atomic mass is 16.2. The highest BCUT2D eigenvalue weighted by Crippen LogP contribution is 2.19. The number of fused-ring (bicyclic) bond motifs is 1. The topological polar surface area (TPSA) is 68.4 Å². The molecular formula is C31H36N4O2. The Balaban J connectivity index is 1.49. The van der Waals surface area contributed by atoms with E-state index >= 15 is 0 Å². The van der Waals surface area contributed by atoms with Gasteiger partial charge in [0.15, 0.2) is 0 Å². The number of aromatic amines is 1. The fraction of sp³-hybridized carbons (Fsp3) is 0.290. The van der Waals surface area contributed by atoms with E-state index < -0.39 is 0 Å². The molecule has 4 rings (SSSR count). The Bertz CT molecular complexity index is 1330. The van der Waals surface area contributed by atoms with E-state index in [1.54, 1.807) is 4.90 Å². The number of anilines is 1. The molecule has 0 bridgehead atoms. The number of urea groups is 1. The van der Waals surface area contributed by atoms with Crippen molar-refractivity contribution in [2.24, 2.45) is 0 Å². The number of amides is 3.